The normalized spacial score (nSPS) is 15.1. The Bertz CT molecular complexity index is 906. The van der Waals surface area contributed by atoms with Gasteiger partial charge in [0.2, 0.25) is 5.90 Å². The first-order valence-electron chi connectivity index (χ1n) is 7.22. The minimum Gasteiger partial charge on any atom is -0.497 e. The number of halogens is 2. The second-order valence-electron chi connectivity index (χ2n) is 5.07. The third kappa shape index (κ3) is 3.77. The molecule has 0 N–H and O–H groups in total. The highest BCUT2D eigenvalue weighted by molar-refractivity contribution is 9.10. The van der Waals surface area contributed by atoms with E-state index in [2.05, 4.69) is 36.9 Å². The van der Waals surface area contributed by atoms with E-state index >= 15 is 0 Å². The van der Waals surface area contributed by atoms with Gasteiger partial charge in [0, 0.05) is 14.5 Å². The van der Waals surface area contributed by atoms with Crippen LogP contribution in [0.5, 0.6) is 11.5 Å². The molecule has 3 rings (SSSR count). The van der Waals surface area contributed by atoms with E-state index in [0.717, 1.165) is 14.5 Å². The molecule has 25 heavy (non-hydrogen) atoms. The molecule has 2 aromatic carbocycles. The Balaban J connectivity index is 1.99. The lowest BCUT2D eigenvalue weighted by atomic mass is 10.1. The molecule has 1 aliphatic heterocycles. The smallest absolute Gasteiger partial charge is 0.363 e. The van der Waals surface area contributed by atoms with Crippen LogP contribution in [0.1, 0.15) is 11.1 Å². The zero-order chi connectivity index (χ0) is 18.0. The van der Waals surface area contributed by atoms with Crippen LogP contribution in [0.2, 0.25) is 0 Å². The van der Waals surface area contributed by atoms with Gasteiger partial charge in [-0.2, -0.15) is 0 Å². The fourth-order valence-electron chi connectivity index (χ4n) is 2.29. The average Bonchev–Trinajstić information content (AvgIpc) is 2.95. The molecule has 1 aliphatic rings. The zero-order valence-corrected chi connectivity index (χ0v) is 16.5. The summed E-state index contributed by atoms with van der Waals surface area (Å²) in [5.74, 6) is 1.05. The van der Waals surface area contributed by atoms with Crippen molar-refractivity contribution in [1.29, 1.82) is 0 Å². The lowest BCUT2D eigenvalue weighted by Gasteiger charge is -2.05. The molecule has 0 radical (unpaired) electrons. The van der Waals surface area contributed by atoms with Crippen molar-refractivity contribution in [2.24, 2.45) is 4.99 Å². The molecule has 0 aromatic heterocycles. The van der Waals surface area contributed by atoms with E-state index in [4.69, 9.17) is 14.2 Å². The van der Waals surface area contributed by atoms with Crippen molar-refractivity contribution in [2.75, 3.05) is 14.2 Å². The van der Waals surface area contributed by atoms with Gasteiger partial charge < -0.3 is 14.2 Å². The van der Waals surface area contributed by atoms with Crippen molar-refractivity contribution in [3.05, 3.63) is 62.2 Å². The van der Waals surface area contributed by atoms with Crippen LogP contribution in [0, 0.1) is 0 Å². The molecule has 0 unspecified atom stereocenters. The summed E-state index contributed by atoms with van der Waals surface area (Å²) in [6, 6.07) is 10.8. The Morgan fingerprint density at radius 3 is 2.56 bits per heavy atom. The number of esters is 1. The lowest BCUT2D eigenvalue weighted by Crippen LogP contribution is -2.06. The second kappa shape index (κ2) is 7.41. The molecule has 7 heteroatoms. The van der Waals surface area contributed by atoms with Crippen molar-refractivity contribution < 1.29 is 19.0 Å². The van der Waals surface area contributed by atoms with Gasteiger partial charge in [-0.1, -0.05) is 15.9 Å². The molecule has 0 spiro atoms. The van der Waals surface area contributed by atoms with Gasteiger partial charge in [-0.3, -0.25) is 0 Å². The topological polar surface area (TPSA) is 57.1 Å². The Kier molecular flexibility index (Phi) is 5.24. The summed E-state index contributed by atoms with van der Waals surface area (Å²) in [5, 5.41) is 0. The van der Waals surface area contributed by atoms with Gasteiger partial charge >= 0.3 is 5.97 Å². The number of rotatable bonds is 4. The number of ether oxygens (including phenoxy) is 3. The molecule has 0 saturated carbocycles. The van der Waals surface area contributed by atoms with Crippen LogP contribution >= 0.6 is 31.9 Å². The molecule has 0 atom stereocenters. The van der Waals surface area contributed by atoms with E-state index in [9.17, 15) is 4.79 Å². The molecule has 0 fully saturated rings. The van der Waals surface area contributed by atoms with Crippen molar-refractivity contribution in [2.45, 2.75) is 0 Å². The van der Waals surface area contributed by atoms with E-state index in [0.29, 0.717) is 17.1 Å². The van der Waals surface area contributed by atoms with Crippen LogP contribution in [0.3, 0.4) is 0 Å². The number of hydrogen-bond donors (Lipinski definition) is 0. The molecule has 0 amide bonds. The van der Waals surface area contributed by atoms with Gasteiger partial charge in [-0.15, -0.1) is 0 Å². The van der Waals surface area contributed by atoms with Crippen LogP contribution < -0.4 is 9.47 Å². The highest BCUT2D eigenvalue weighted by atomic mass is 79.9. The molecule has 2 aromatic rings. The molecule has 0 bridgehead atoms. The van der Waals surface area contributed by atoms with Crippen LogP contribution in [-0.4, -0.2) is 26.1 Å². The summed E-state index contributed by atoms with van der Waals surface area (Å²) in [4.78, 5) is 16.5. The lowest BCUT2D eigenvalue weighted by molar-refractivity contribution is -0.129. The Morgan fingerprint density at radius 2 is 1.88 bits per heavy atom. The third-order valence-electron chi connectivity index (χ3n) is 3.51. The van der Waals surface area contributed by atoms with E-state index < -0.39 is 5.97 Å². The van der Waals surface area contributed by atoms with Crippen molar-refractivity contribution in [3.8, 4) is 11.5 Å². The number of cyclic esters (lactones) is 1. The molecule has 1 heterocycles. The summed E-state index contributed by atoms with van der Waals surface area (Å²) in [6.45, 7) is 0. The number of nitrogens with zero attached hydrogens (tertiary/aromatic N) is 1. The van der Waals surface area contributed by atoms with Gasteiger partial charge in [0.25, 0.3) is 0 Å². The van der Waals surface area contributed by atoms with Gasteiger partial charge in [0.1, 0.15) is 11.5 Å². The fraction of sp³-hybridized carbons (Fsp3) is 0.111. The number of methoxy groups -OCH3 is 2. The zero-order valence-electron chi connectivity index (χ0n) is 13.4. The Hall–Kier alpha value is -2.12. The number of carbonyl (C=O) groups excluding carboxylic acids is 1. The maximum absolute atomic E-state index is 12.2. The third-order valence-corrected chi connectivity index (χ3v) is 4.66. The van der Waals surface area contributed by atoms with E-state index in [1.807, 2.05) is 12.1 Å². The molecule has 5 nitrogen and oxygen atoms in total. The largest absolute Gasteiger partial charge is 0.497 e. The summed E-state index contributed by atoms with van der Waals surface area (Å²) < 4.78 is 17.4. The Morgan fingerprint density at radius 1 is 1.08 bits per heavy atom. The quantitative estimate of drug-likeness (QED) is 0.489. The monoisotopic (exact) mass is 465 g/mol. The summed E-state index contributed by atoms with van der Waals surface area (Å²) in [5.41, 5.74) is 1.59. The van der Waals surface area contributed by atoms with E-state index in [-0.39, 0.29) is 11.6 Å². The van der Waals surface area contributed by atoms with Crippen molar-refractivity contribution >= 4 is 49.8 Å². The first-order valence-corrected chi connectivity index (χ1v) is 8.80. The highest BCUT2D eigenvalue weighted by Crippen LogP contribution is 2.29. The van der Waals surface area contributed by atoms with Gasteiger partial charge in [0.15, 0.2) is 5.70 Å². The van der Waals surface area contributed by atoms with Crippen molar-refractivity contribution in [3.63, 3.8) is 0 Å². The van der Waals surface area contributed by atoms with Crippen LogP contribution in [0.25, 0.3) is 6.08 Å². The summed E-state index contributed by atoms with van der Waals surface area (Å²) in [6.07, 6.45) is 1.64. The minimum absolute atomic E-state index is 0.203. The molecule has 0 saturated heterocycles. The molecular weight excluding hydrogens is 454 g/mol. The van der Waals surface area contributed by atoms with Gasteiger partial charge in [0.05, 0.1) is 19.8 Å². The predicted molar refractivity (Wildman–Crippen MR) is 102 cm³/mol. The average molecular weight is 467 g/mol. The van der Waals surface area contributed by atoms with Gasteiger partial charge in [-0.25, -0.2) is 9.79 Å². The second-order valence-corrected chi connectivity index (χ2v) is 6.84. The Labute approximate surface area is 161 Å². The van der Waals surface area contributed by atoms with E-state index in [1.165, 1.54) is 0 Å². The number of benzene rings is 2. The molecule has 128 valence electrons. The maximum Gasteiger partial charge on any atom is 0.363 e. The van der Waals surface area contributed by atoms with Gasteiger partial charge in [-0.05, 0) is 58.4 Å². The highest BCUT2D eigenvalue weighted by Gasteiger charge is 2.26. The van der Waals surface area contributed by atoms with Crippen LogP contribution in [0.15, 0.2) is 56.0 Å². The molecular formula is C18H13Br2NO4. The standard InChI is InChI=1S/C18H13Br2NO4/c1-23-12-4-5-13(14(20)9-12)17-21-15(18(22)25-17)8-10-7-11(19)3-6-16(10)24-2/h3-9H,1-2H3. The van der Waals surface area contributed by atoms with Crippen LogP contribution in [-0.2, 0) is 9.53 Å². The minimum atomic E-state index is -0.514. The molecule has 0 aliphatic carbocycles. The SMILES string of the molecule is COc1ccc(C2=NC(=Cc3cc(Br)ccc3OC)C(=O)O2)c(Br)c1. The number of hydrogen-bond acceptors (Lipinski definition) is 5. The predicted octanol–water partition coefficient (Wildman–Crippen LogP) is 4.57. The number of carbonyl (C=O) groups is 1. The fourth-order valence-corrected chi connectivity index (χ4v) is 3.19. The van der Waals surface area contributed by atoms with Crippen molar-refractivity contribution in [1.82, 2.24) is 0 Å². The van der Waals surface area contributed by atoms with Crippen LogP contribution in [0.4, 0.5) is 0 Å². The first kappa shape index (κ1) is 17.7. The number of aliphatic imine (C=N–C) groups is 1. The maximum atomic E-state index is 12.2. The summed E-state index contributed by atoms with van der Waals surface area (Å²) in [7, 11) is 3.15. The summed E-state index contributed by atoms with van der Waals surface area (Å²) >= 11 is 6.85. The van der Waals surface area contributed by atoms with E-state index in [1.54, 1.807) is 44.6 Å². The first-order chi connectivity index (χ1) is 12.0.